The molecule has 1 aliphatic heterocycles. The normalized spacial score (nSPS) is 14.1. The number of nitrogens with zero attached hydrogens (tertiary/aromatic N) is 1. The summed E-state index contributed by atoms with van der Waals surface area (Å²) in [6.45, 7) is -0.0538. The molecule has 1 aromatic carbocycles. The lowest BCUT2D eigenvalue weighted by Crippen LogP contribution is -2.38. The first-order valence-electron chi connectivity index (χ1n) is 5.78. The molecule has 2 amide bonds. The van der Waals surface area contributed by atoms with Crippen molar-refractivity contribution in [3.63, 3.8) is 0 Å². The minimum Gasteiger partial charge on any atom is -0.478 e. The van der Waals surface area contributed by atoms with Crippen LogP contribution in [0.3, 0.4) is 0 Å². The maximum absolute atomic E-state index is 12.2. The van der Waals surface area contributed by atoms with Crippen molar-refractivity contribution in [2.45, 2.75) is 6.29 Å². The van der Waals surface area contributed by atoms with E-state index in [1.54, 1.807) is 0 Å². The largest absolute Gasteiger partial charge is 0.478 e. The number of hydrogen-bond acceptors (Lipinski definition) is 5. The van der Waals surface area contributed by atoms with E-state index in [0.29, 0.717) is 0 Å². The number of carbonyl (C=O) groups excluding carboxylic acids is 2. The predicted octanol–water partition coefficient (Wildman–Crippen LogP) is 0.600. The number of methoxy groups -OCH3 is 2. The van der Waals surface area contributed by atoms with Gasteiger partial charge >= 0.3 is 5.97 Å². The third-order valence-electron chi connectivity index (χ3n) is 3.08. The first-order valence-corrected chi connectivity index (χ1v) is 5.78. The van der Waals surface area contributed by atoms with Crippen molar-refractivity contribution in [1.29, 1.82) is 0 Å². The average Bonchev–Trinajstić information content (AvgIpc) is 2.68. The Labute approximate surface area is 114 Å². The summed E-state index contributed by atoms with van der Waals surface area (Å²) in [5.74, 6) is -2.19. The highest BCUT2D eigenvalue weighted by molar-refractivity contribution is 6.21. The number of benzene rings is 1. The van der Waals surface area contributed by atoms with Gasteiger partial charge in [-0.1, -0.05) is 0 Å². The van der Waals surface area contributed by atoms with Crippen LogP contribution in [0.2, 0.25) is 0 Å². The number of imide groups is 1. The molecule has 0 spiro atoms. The number of hydrogen-bond donors (Lipinski definition) is 1. The van der Waals surface area contributed by atoms with E-state index < -0.39 is 24.1 Å². The zero-order valence-electron chi connectivity index (χ0n) is 11.0. The summed E-state index contributed by atoms with van der Waals surface area (Å²) in [6, 6.07) is 3.83. The monoisotopic (exact) mass is 279 g/mol. The molecule has 2 rings (SSSR count). The second-order valence-electron chi connectivity index (χ2n) is 4.19. The van der Waals surface area contributed by atoms with Crippen molar-refractivity contribution in [3.05, 3.63) is 34.9 Å². The average molecular weight is 279 g/mol. The Morgan fingerprint density at radius 1 is 1.20 bits per heavy atom. The first kappa shape index (κ1) is 14.2. The highest BCUT2D eigenvalue weighted by Gasteiger charge is 2.37. The second-order valence-corrected chi connectivity index (χ2v) is 4.19. The number of amides is 2. The van der Waals surface area contributed by atoms with E-state index in [-0.39, 0.29) is 23.2 Å². The van der Waals surface area contributed by atoms with Crippen LogP contribution < -0.4 is 0 Å². The van der Waals surface area contributed by atoms with Gasteiger partial charge in [0.25, 0.3) is 11.8 Å². The molecule has 1 heterocycles. The lowest BCUT2D eigenvalue weighted by atomic mass is 10.1. The fourth-order valence-corrected chi connectivity index (χ4v) is 1.98. The third kappa shape index (κ3) is 2.28. The molecule has 106 valence electrons. The third-order valence-corrected chi connectivity index (χ3v) is 3.08. The first-order chi connectivity index (χ1) is 9.49. The lowest BCUT2D eigenvalue weighted by molar-refractivity contribution is -0.108. The van der Waals surface area contributed by atoms with Gasteiger partial charge in [-0.15, -0.1) is 0 Å². The quantitative estimate of drug-likeness (QED) is 0.626. The molecule has 0 atom stereocenters. The molecule has 1 N–H and O–H groups in total. The van der Waals surface area contributed by atoms with Gasteiger partial charge in [0.15, 0.2) is 6.29 Å². The summed E-state index contributed by atoms with van der Waals surface area (Å²) in [7, 11) is 2.80. The SMILES string of the molecule is COC(CN1C(=O)c2ccc(C(=O)O)cc2C1=O)OC. The minimum absolute atomic E-state index is 0.0400. The van der Waals surface area contributed by atoms with Gasteiger partial charge in [-0.25, -0.2) is 4.79 Å². The van der Waals surface area contributed by atoms with Gasteiger partial charge in [-0.05, 0) is 18.2 Å². The van der Waals surface area contributed by atoms with Gasteiger partial charge in [-0.3, -0.25) is 14.5 Å². The van der Waals surface area contributed by atoms with Gasteiger partial charge in [0.2, 0.25) is 0 Å². The zero-order chi connectivity index (χ0) is 14.9. The van der Waals surface area contributed by atoms with Gasteiger partial charge in [0.05, 0.1) is 23.2 Å². The van der Waals surface area contributed by atoms with E-state index in [9.17, 15) is 14.4 Å². The van der Waals surface area contributed by atoms with Crippen LogP contribution in [0.15, 0.2) is 18.2 Å². The van der Waals surface area contributed by atoms with Crippen LogP contribution in [0, 0.1) is 0 Å². The van der Waals surface area contributed by atoms with E-state index in [1.165, 1.54) is 32.4 Å². The molecular formula is C13H13NO6. The molecule has 0 fully saturated rings. The van der Waals surface area contributed by atoms with Crippen LogP contribution in [0.25, 0.3) is 0 Å². The van der Waals surface area contributed by atoms with Crippen LogP contribution in [0.1, 0.15) is 31.1 Å². The molecule has 0 saturated heterocycles. The fraction of sp³-hybridized carbons (Fsp3) is 0.308. The second kappa shape index (κ2) is 5.40. The van der Waals surface area contributed by atoms with Crippen molar-refractivity contribution >= 4 is 17.8 Å². The Balaban J connectivity index is 2.32. The van der Waals surface area contributed by atoms with Gasteiger partial charge < -0.3 is 14.6 Å². The molecule has 1 aliphatic rings. The topological polar surface area (TPSA) is 93.1 Å². The zero-order valence-corrected chi connectivity index (χ0v) is 11.0. The maximum atomic E-state index is 12.2. The summed E-state index contributed by atoms with van der Waals surface area (Å²) >= 11 is 0. The molecule has 0 saturated carbocycles. The number of fused-ring (bicyclic) bond motifs is 1. The Morgan fingerprint density at radius 2 is 1.80 bits per heavy atom. The van der Waals surface area contributed by atoms with E-state index in [2.05, 4.69) is 0 Å². The highest BCUT2D eigenvalue weighted by atomic mass is 16.7. The Hall–Kier alpha value is -2.25. The Morgan fingerprint density at radius 3 is 2.35 bits per heavy atom. The number of carboxylic acid groups (broad SMARTS) is 1. The lowest BCUT2D eigenvalue weighted by Gasteiger charge is -2.19. The van der Waals surface area contributed by atoms with Crippen molar-refractivity contribution in [1.82, 2.24) is 4.90 Å². The molecule has 0 aromatic heterocycles. The summed E-state index contributed by atoms with van der Waals surface area (Å²) in [4.78, 5) is 36.1. The number of aromatic carboxylic acids is 1. The summed E-state index contributed by atoms with van der Waals surface area (Å²) in [6.07, 6.45) is -0.726. The van der Waals surface area contributed by atoms with E-state index in [4.69, 9.17) is 14.6 Å². The van der Waals surface area contributed by atoms with Gasteiger partial charge in [-0.2, -0.15) is 0 Å². The highest BCUT2D eigenvalue weighted by Crippen LogP contribution is 2.24. The molecule has 1 aromatic rings. The van der Waals surface area contributed by atoms with E-state index in [0.717, 1.165) is 4.90 Å². The van der Waals surface area contributed by atoms with Crippen molar-refractivity contribution in [3.8, 4) is 0 Å². The molecule has 7 heteroatoms. The summed E-state index contributed by atoms with van der Waals surface area (Å²) < 4.78 is 9.91. The maximum Gasteiger partial charge on any atom is 0.335 e. The molecule has 0 radical (unpaired) electrons. The molecule has 0 unspecified atom stereocenters. The van der Waals surface area contributed by atoms with Crippen LogP contribution in [0.5, 0.6) is 0 Å². The molecule has 7 nitrogen and oxygen atoms in total. The van der Waals surface area contributed by atoms with Crippen molar-refractivity contribution in [2.24, 2.45) is 0 Å². The van der Waals surface area contributed by atoms with E-state index in [1.807, 2.05) is 0 Å². The minimum atomic E-state index is -1.15. The molecule has 20 heavy (non-hydrogen) atoms. The molecule has 0 aliphatic carbocycles. The number of ether oxygens (including phenoxy) is 2. The predicted molar refractivity (Wildman–Crippen MR) is 66.6 cm³/mol. The van der Waals surface area contributed by atoms with Crippen molar-refractivity contribution < 1.29 is 29.0 Å². The summed E-state index contributed by atoms with van der Waals surface area (Å²) in [5.41, 5.74) is 0.230. The van der Waals surface area contributed by atoms with Gasteiger partial charge in [0, 0.05) is 14.2 Å². The van der Waals surface area contributed by atoms with Crippen LogP contribution in [-0.4, -0.2) is 54.8 Å². The van der Waals surface area contributed by atoms with Crippen LogP contribution in [-0.2, 0) is 9.47 Å². The Bertz CT molecular complexity index is 578. The van der Waals surface area contributed by atoms with Crippen LogP contribution >= 0.6 is 0 Å². The standard InChI is InChI=1S/C13H13NO6/c1-19-10(20-2)6-14-11(15)8-4-3-7(13(17)18)5-9(8)12(14)16/h3-5,10H,6H2,1-2H3,(H,17,18). The van der Waals surface area contributed by atoms with Crippen molar-refractivity contribution in [2.75, 3.05) is 20.8 Å². The number of carbonyl (C=O) groups is 3. The van der Waals surface area contributed by atoms with Crippen LogP contribution in [0.4, 0.5) is 0 Å². The summed E-state index contributed by atoms with van der Waals surface area (Å²) in [5, 5.41) is 8.91. The Kier molecular flexibility index (Phi) is 3.82. The molecular weight excluding hydrogens is 266 g/mol. The number of carboxylic acids is 1. The fourth-order valence-electron chi connectivity index (χ4n) is 1.98. The number of rotatable bonds is 5. The van der Waals surface area contributed by atoms with E-state index >= 15 is 0 Å². The smallest absolute Gasteiger partial charge is 0.335 e. The van der Waals surface area contributed by atoms with Gasteiger partial charge in [0.1, 0.15) is 0 Å². The molecule has 0 bridgehead atoms.